The quantitative estimate of drug-likeness (QED) is 0.767. The van der Waals surface area contributed by atoms with Gasteiger partial charge in [0.25, 0.3) is 10.2 Å². The first kappa shape index (κ1) is 13.8. The third kappa shape index (κ3) is 2.84. The van der Waals surface area contributed by atoms with E-state index in [0.717, 1.165) is 19.3 Å². The summed E-state index contributed by atoms with van der Waals surface area (Å²) in [6.45, 7) is 3.62. The Morgan fingerprint density at radius 2 is 2.00 bits per heavy atom. The van der Waals surface area contributed by atoms with Gasteiger partial charge in [0.15, 0.2) is 0 Å². The molecule has 2 saturated heterocycles. The number of piperidine rings is 1. The van der Waals surface area contributed by atoms with E-state index in [2.05, 4.69) is 5.32 Å². The van der Waals surface area contributed by atoms with Gasteiger partial charge in [0.1, 0.15) is 0 Å². The summed E-state index contributed by atoms with van der Waals surface area (Å²) in [6.07, 6.45) is 3.19. The monoisotopic (exact) mass is 275 g/mol. The number of amides is 1. The molecule has 7 heteroatoms. The molecule has 2 fully saturated rings. The molecule has 2 rings (SSSR count). The van der Waals surface area contributed by atoms with Gasteiger partial charge in [-0.3, -0.25) is 4.79 Å². The zero-order valence-electron chi connectivity index (χ0n) is 10.8. The van der Waals surface area contributed by atoms with Crippen molar-refractivity contribution in [3.8, 4) is 0 Å². The molecule has 6 nitrogen and oxygen atoms in total. The van der Waals surface area contributed by atoms with Gasteiger partial charge in [0.05, 0.1) is 0 Å². The molecule has 0 aromatic heterocycles. The zero-order valence-corrected chi connectivity index (χ0v) is 11.6. The molecular formula is C11H21N3O3S. The second kappa shape index (κ2) is 5.54. The molecule has 0 saturated carbocycles. The minimum atomic E-state index is -3.41. The molecule has 0 aliphatic carbocycles. The molecule has 0 aromatic rings. The van der Waals surface area contributed by atoms with Crippen molar-refractivity contribution in [3.05, 3.63) is 0 Å². The SMILES string of the molecule is CC1CCCCN1S(=O)(=O)N1CCNC(=O)CC1. The fourth-order valence-electron chi connectivity index (χ4n) is 2.54. The molecule has 0 radical (unpaired) electrons. The smallest absolute Gasteiger partial charge is 0.282 e. The molecule has 0 bridgehead atoms. The van der Waals surface area contributed by atoms with E-state index in [1.807, 2.05) is 6.92 Å². The lowest BCUT2D eigenvalue weighted by molar-refractivity contribution is -0.120. The zero-order chi connectivity index (χ0) is 13.2. The van der Waals surface area contributed by atoms with E-state index in [1.165, 1.54) is 4.31 Å². The molecule has 104 valence electrons. The Balaban J connectivity index is 2.11. The first-order chi connectivity index (χ1) is 8.51. The number of rotatable bonds is 2. The minimum absolute atomic E-state index is 0.0654. The van der Waals surface area contributed by atoms with Crippen molar-refractivity contribution < 1.29 is 13.2 Å². The van der Waals surface area contributed by atoms with Crippen LogP contribution in [0.25, 0.3) is 0 Å². The second-order valence-corrected chi connectivity index (χ2v) is 6.84. The summed E-state index contributed by atoms with van der Waals surface area (Å²) in [4.78, 5) is 11.2. The van der Waals surface area contributed by atoms with E-state index in [0.29, 0.717) is 19.6 Å². The van der Waals surface area contributed by atoms with Gasteiger partial charge in [-0.25, -0.2) is 0 Å². The Kier molecular flexibility index (Phi) is 4.24. The van der Waals surface area contributed by atoms with Crippen molar-refractivity contribution in [2.45, 2.75) is 38.6 Å². The second-order valence-electron chi connectivity index (χ2n) is 4.96. The number of hydrogen-bond donors (Lipinski definition) is 1. The van der Waals surface area contributed by atoms with Crippen molar-refractivity contribution in [2.24, 2.45) is 0 Å². The highest BCUT2D eigenvalue weighted by Crippen LogP contribution is 2.22. The van der Waals surface area contributed by atoms with Crippen molar-refractivity contribution in [1.82, 2.24) is 13.9 Å². The number of nitrogens with one attached hydrogen (secondary N) is 1. The van der Waals surface area contributed by atoms with Crippen LogP contribution >= 0.6 is 0 Å². The third-order valence-corrected chi connectivity index (χ3v) is 5.79. The van der Waals surface area contributed by atoms with E-state index in [9.17, 15) is 13.2 Å². The summed E-state index contributed by atoms with van der Waals surface area (Å²) in [5, 5.41) is 2.70. The standard InChI is InChI=1S/C11H21N3O3S/c1-10-4-2-3-7-14(10)18(16,17)13-8-5-11(15)12-6-9-13/h10H,2-9H2,1H3,(H,12,15). The van der Waals surface area contributed by atoms with Crippen LogP contribution in [0.15, 0.2) is 0 Å². The van der Waals surface area contributed by atoms with Gasteiger partial charge in [-0.15, -0.1) is 0 Å². The highest BCUT2D eigenvalue weighted by atomic mass is 32.2. The fraction of sp³-hybridized carbons (Fsp3) is 0.909. The maximum Gasteiger partial charge on any atom is 0.282 e. The molecular weight excluding hydrogens is 254 g/mol. The van der Waals surface area contributed by atoms with Crippen LogP contribution in [0.3, 0.4) is 0 Å². The van der Waals surface area contributed by atoms with Gasteiger partial charge < -0.3 is 5.32 Å². The van der Waals surface area contributed by atoms with Crippen LogP contribution in [0, 0.1) is 0 Å². The molecule has 1 atom stereocenters. The summed E-state index contributed by atoms with van der Waals surface area (Å²) in [5.74, 6) is -0.0700. The topological polar surface area (TPSA) is 69.7 Å². The minimum Gasteiger partial charge on any atom is -0.355 e. The Labute approximate surface area is 109 Å². The maximum atomic E-state index is 12.5. The molecule has 1 N–H and O–H groups in total. The third-order valence-electron chi connectivity index (χ3n) is 3.64. The van der Waals surface area contributed by atoms with Gasteiger partial charge in [0.2, 0.25) is 5.91 Å². The van der Waals surface area contributed by atoms with Crippen LogP contribution < -0.4 is 5.32 Å². The van der Waals surface area contributed by atoms with Gasteiger partial charge in [-0.05, 0) is 19.8 Å². The van der Waals surface area contributed by atoms with Crippen LogP contribution in [0.4, 0.5) is 0 Å². The molecule has 2 aliphatic rings. The lowest BCUT2D eigenvalue weighted by atomic mass is 10.1. The van der Waals surface area contributed by atoms with Crippen LogP contribution in [0.2, 0.25) is 0 Å². The van der Waals surface area contributed by atoms with Crippen LogP contribution in [-0.4, -0.2) is 55.2 Å². The van der Waals surface area contributed by atoms with Crippen molar-refractivity contribution in [2.75, 3.05) is 26.2 Å². The molecule has 18 heavy (non-hydrogen) atoms. The van der Waals surface area contributed by atoms with Gasteiger partial charge in [-0.1, -0.05) is 6.42 Å². The van der Waals surface area contributed by atoms with Crippen molar-refractivity contribution >= 4 is 16.1 Å². The Bertz CT molecular complexity index is 410. The van der Waals surface area contributed by atoms with Gasteiger partial charge in [0, 0.05) is 38.6 Å². The molecule has 2 aliphatic heterocycles. The van der Waals surface area contributed by atoms with E-state index in [1.54, 1.807) is 4.31 Å². The van der Waals surface area contributed by atoms with E-state index >= 15 is 0 Å². The van der Waals surface area contributed by atoms with Gasteiger partial charge in [-0.2, -0.15) is 17.0 Å². The first-order valence-corrected chi connectivity index (χ1v) is 7.95. The normalized spacial score (nSPS) is 28.7. The summed E-state index contributed by atoms with van der Waals surface area (Å²) in [5.41, 5.74) is 0. The summed E-state index contributed by atoms with van der Waals surface area (Å²) < 4.78 is 28.1. The summed E-state index contributed by atoms with van der Waals surface area (Å²) in [7, 11) is -3.41. The predicted molar refractivity (Wildman–Crippen MR) is 68.1 cm³/mol. The summed E-state index contributed by atoms with van der Waals surface area (Å²) >= 11 is 0. The van der Waals surface area contributed by atoms with Crippen molar-refractivity contribution in [1.29, 1.82) is 0 Å². The summed E-state index contributed by atoms with van der Waals surface area (Å²) in [6, 6.07) is 0.0654. The van der Waals surface area contributed by atoms with Crippen LogP contribution in [-0.2, 0) is 15.0 Å². The number of hydrogen-bond acceptors (Lipinski definition) is 3. The highest BCUT2D eigenvalue weighted by Gasteiger charge is 2.35. The Hall–Kier alpha value is -0.660. The average Bonchev–Trinajstić information content (AvgIpc) is 2.54. The van der Waals surface area contributed by atoms with Crippen LogP contribution in [0.5, 0.6) is 0 Å². The molecule has 2 heterocycles. The number of carbonyl (C=O) groups excluding carboxylic acids is 1. The van der Waals surface area contributed by atoms with E-state index < -0.39 is 10.2 Å². The first-order valence-electron chi connectivity index (χ1n) is 6.55. The van der Waals surface area contributed by atoms with Gasteiger partial charge >= 0.3 is 0 Å². The van der Waals surface area contributed by atoms with Crippen LogP contribution in [0.1, 0.15) is 32.6 Å². The predicted octanol–water partition coefficient (Wildman–Crippen LogP) is -0.0725. The molecule has 1 unspecified atom stereocenters. The number of carbonyl (C=O) groups is 1. The van der Waals surface area contributed by atoms with E-state index in [-0.39, 0.29) is 24.9 Å². The largest absolute Gasteiger partial charge is 0.355 e. The lowest BCUT2D eigenvalue weighted by Crippen LogP contribution is -2.50. The molecule has 1 amide bonds. The Morgan fingerprint density at radius 3 is 2.72 bits per heavy atom. The van der Waals surface area contributed by atoms with Crippen molar-refractivity contribution in [3.63, 3.8) is 0 Å². The maximum absolute atomic E-state index is 12.5. The number of nitrogens with zero attached hydrogens (tertiary/aromatic N) is 2. The average molecular weight is 275 g/mol. The highest BCUT2D eigenvalue weighted by molar-refractivity contribution is 7.86. The van der Waals surface area contributed by atoms with E-state index in [4.69, 9.17) is 0 Å². The fourth-order valence-corrected chi connectivity index (χ4v) is 4.40. The Morgan fingerprint density at radius 1 is 1.22 bits per heavy atom. The molecule has 0 aromatic carbocycles. The molecule has 0 spiro atoms. The lowest BCUT2D eigenvalue weighted by Gasteiger charge is -2.35.